The number of likely N-dealkylation sites (N-methyl/N-ethyl adjacent to an activating group) is 1. The van der Waals surface area contributed by atoms with E-state index < -0.39 is 5.60 Å². The average Bonchev–Trinajstić information content (AvgIpc) is 2.34. The second-order valence-corrected chi connectivity index (χ2v) is 6.08. The summed E-state index contributed by atoms with van der Waals surface area (Å²) < 4.78 is 0.676. The van der Waals surface area contributed by atoms with E-state index in [2.05, 4.69) is 21.2 Å². The summed E-state index contributed by atoms with van der Waals surface area (Å²) in [5, 5.41) is 12.2. The number of nitrogens with zero attached hydrogens (tertiary/aromatic N) is 1. The van der Waals surface area contributed by atoms with Crippen molar-refractivity contribution in [3.63, 3.8) is 0 Å². The Balaban J connectivity index is 2.53. The van der Waals surface area contributed by atoms with Crippen LogP contribution >= 0.6 is 15.9 Å². The number of halogens is 1. The van der Waals surface area contributed by atoms with Crippen molar-refractivity contribution in [1.29, 1.82) is 0 Å². The van der Waals surface area contributed by atoms with Gasteiger partial charge >= 0.3 is 0 Å². The van der Waals surface area contributed by atoms with E-state index in [1.807, 2.05) is 6.07 Å². The lowest BCUT2D eigenvalue weighted by Gasteiger charge is -2.25. The fraction of sp³-hybridized carbons (Fsp3) is 0.429. The number of carbonyl (C=O) groups is 2. The predicted octanol–water partition coefficient (Wildman–Crippen LogP) is 1.41. The minimum atomic E-state index is -0.961. The summed E-state index contributed by atoms with van der Waals surface area (Å²) in [4.78, 5) is 25.1. The van der Waals surface area contributed by atoms with Crippen molar-refractivity contribution in [3.05, 3.63) is 34.3 Å². The Morgan fingerprint density at radius 2 is 1.95 bits per heavy atom. The summed E-state index contributed by atoms with van der Waals surface area (Å²) in [6, 6.07) is 6.99. The van der Waals surface area contributed by atoms with Crippen molar-refractivity contribution < 1.29 is 14.7 Å². The van der Waals surface area contributed by atoms with Gasteiger partial charge in [-0.3, -0.25) is 9.59 Å². The molecule has 0 radical (unpaired) electrons. The number of aliphatic hydroxyl groups is 1. The van der Waals surface area contributed by atoms with Crippen LogP contribution in [0.4, 0.5) is 0 Å². The highest BCUT2D eigenvalue weighted by molar-refractivity contribution is 9.10. The summed E-state index contributed by atoms with van der Waals surface area (Å²) in [5.74, 6) is -0.574. The second-order valence-electron chi connectivity index (χ2n) is 5.22. The zero-order valence-corrected chi connectivity index (χ0v) is 13.4. The molecule has 0 unspecified atom stereocenters. The molecule has 1 rings (SSSR count). The maximum Gasteiger partial charge on any atom is 0.252 e. The lowest BCUT2D eigenvalue weighted by molar-refractivity contribution is -0.131. The van der Waals surface area contributed by atoms with Crippen molar-refractivity contribution in [2.24, 2.45) is 0 Å². The number of amides is 2. The van der Waals surface area contributed by atoms with Crippen molar-refractivity contribution in [2.75, 3.05) is 20.1 Å². The molecule has 0 aliphatic rings. The second kappa shape index (κ2) is 6.85. The van der Waals surface area contributed by atoms with E-state index in [4.69, 9.17) is 0 Å². The molecule has 0 fully saturated rings. The third-order valence-corrected chi connectivity index (χ3v) is 3.26. The van der Waals surface area contributed by atoms with E-state index in [1.165, 1.54) is 4.90 Å². The monoisotopic (exact) mass is 342 g/mol. The van der Waals surface area contributed by atoms with E-state index in [0.717, 1.165) is 0 Å². The zero-order valence-electron chi connectivity index (χ0n) is 11.8. The van der Waals surface area contributed by atoms with Crippen molar-refractivity contribution >= 4 is 27.7 Å². The summed E-state index contributed by atoms with van der Waals surface area (Å²) in [7, 11) is 1.59. The highest BCUT2D eigenvalue weighted by Gasteiger charge is 2.20. The summed E-state index contributed by atoms with van der Waals surface area (Å²) in [5.41, 5.74) is -0.484. The highest BCUT2D eigenvalue weighted by Crippen LogP contribution is 2.15. The molecule has 0 aliphatic carbocycles. The van der Waals surface area contributed by atoms with Crippen molar-refractivity contribution in [3.8, 4) is 0 Å². The molecule has 0 aromatic heterocycles. The number of carbonyl (C=O) groups excluding carboxylic acids is 2. The fourth-order valence-corrected chi connectivity index (χ4v) is 2.16. The Hall–Kier alpha value is -1.40. The van der Waals surface area contributed by atoms with Gasteiger partial charge in [0.2, 0.25) is 5.91 Å². The normalized spacial score (nSPS) is 11.1. The van der Waals surface area contributed by atoms with Crippen LogP contribution in [-0.2, 0) is 4.79 Å². The van der Waals surface area contributed by atoms with Crippen LogP contribution < -0.4 is 5.32 Å². The van der Waals surface area contributed by atoms with Gasteiger partial charge in [0, 0.05) is 18.1 Å². The molecule has 0 heterocycles. The molecule has 6 heteroatoms. The van der Waals surface area contributed by atoms with E-state index >= 15 is 0 Å². The number of rotatable bonds is 5. The fourth-order valence-electron chi connectivity index (χ4n) is 1.70. The number of benzene rings is 1. The van der Waals surface area contributed by atoms with Gasteiger partial charge in [0.1, 0.15) is 0 Å². The van der Waals surface area contributed by atoms with E-state index in [0.29, 0.717) is 10.0 Å². The Kier molecular flexibility index (Phi) is 5.71. The maximum atomic E-state index is 11.9. The Morgan fingerprint density at radius 1 is 1.35 bits per heavy atom. The van der Waals surface area contributed by atoms with Crippen LogP contribution in [-0.4, -0.2) is 47.6 Å². The third kappa shape index (κ3) is 5.30. The molecule has 1 aromatic rings. The van der Waals surface area contributed by atoms with E-state index in [1.54, 1.807) is 39.1 Å². The average molecular weight is 343 g/mol. The molecular weight excluding hydrogens is 324 g/mol. The van der Waals surface area contributed by atoms with Crippen molar-refractivity contribution in [2.45, 2.75) is 19.4 Å². The minimum absolute atomic E-state index is 0.104. The summed E-state index contributed by atoms with van der Waals surface area (Å²) in [6.07, 6.45) is 0. The molecule has 20 heavy (non-hydrogen) atoms. The van der Waals surface area contributed by atoms with Crippen LogP contribution in [0.3, 0.4) is 0 Å². The first kappa shape index (κ1) is 16.7. The molecule has 0 saturated heterocycles. The van der Waals surface area contributed by atoms with Gasteiger partial charge in [-0.25, -0.2) is 0 Å². The molecule has 2 amide bonds. The predicted molar refractivity (Wildman–Crippen MR) is 80.4 cm³/mol. The molecule has 0 bridgehead atoms. The van der Waals surface area contributed by atoms with Gasteiger partial charge < -0.3 is 15.3 Å². The molecule has 0 aliphatic heterocycles. The van der Waals surface area contributed by atoms with Gasteiger partial charge in [-0.15, -0.1) is 0 Å². The first-order chi connectivity index (χ1) is 9.20. The molecular formula is C14H19BrN2O3. The molecule has 110 valence electrons. The molecule has 1 aromatic carbocycles. The van der Waals surface area contributed by atoms with Gasteiger partial charge in [0.15, 0.2) is 0 Å². The molecule has 2 N–H and O–H groups in total. The molecule has 0 saturated carbocycles. The largest absolute Gasteiger partial charge is 0.389 e. The van der Waals surface area contributed by atoms with E-state index in [-0.39, 0.29) is 24.9 Å². The van der Waals surface area contributed by atoms with E-state index in [9.17, 15) is 14.7 Å². The number of hydrogen-bond donors (Lipinski definition) is 2. The Labute approximate surface area is 127 Å². The number of nitrogens with one attached hydrogen (secondary N) is 1. The van der Waals surface area contributed by atoms with Crippen LogP contribution in [0.5, 0.6) is 0 Å². The quantitative estimate of drug-likeness (QED) is 0.849. The summed E-state index contributed by atoms with van der Waals surface area (Å²) in [6.45, 7) is 3.34. The van der Waals surface area contributed by atoms with Crippen molar-refractivity contribution in [1.82, 2.24) is 10.2 Å². The zero-order chi connectivity index (χ0) is 15.3. The van der Waals surface area contributed by atoms with Crippen LogP contribution in [0, 0.1) is 0 Å². The van der Waals surface area contributed by atoms with Gasteiger partial charge in [0.05, 0.1) is 17.7 Å². The maximum absolute atomic E-state index is 11.9. The SMILES string of the molecule is CN(CC(C)(C)O)C(=O)CNC(=O)c1ccccc1Br. The van der Waals surface area contributed by atoms with Crippen LogP contribution in [0.15, 0.2) is 28.7 Å². The van der Waals surface area contributed by atoms with Gasteiger partial charge in [-0.1, -0.05) is 12.1 Å². The standard InChI is InChI=1S/C14H19BrN2O3/c1-14(2,20)9-17(3)12(18)8-16-13(19)10-6-4-5-7-11(10)15/h4-7,20H,8-9H2,1-3H3,(H,16,19). The first-order valence-corrected chi connectivity index (χ1v) is 6.99. The minimum Gasteiger partial charge on any atom is -0.389 e. The topological polar surface area (TPSA) is 69.6 Å². The molecule has 0 atom stereocenters. The van der Waals surface area contributed by atoms with Gasteiger partial charge in [-0.2, -0.15) is 0 Å². The first-order valence-electron chi connectivity index (χ1n) is 6.20. The van der Waals surface area contributed by atoms with Gasteiger partial charge in [0.25, 0.3) is 5.91 Å². The Bertz CT molecular complexity index is 497. The smallest absolute Gasteiger partial charge is 0.252 e. The van der Waals surface area contributed by atoms with Crippen LogP contribution in [0.25, 0.3) is 0 Å². The van der Waals surface area contributed by atoms with Gasteiger partial charge in [-0.05, 0) is 41.9 Å². The highest BCUT2D eigenvalue weighted by atomic mass is 79.9. The lowest BCUT2D eigenvalue weighted by atomic mass is 10.1. The number of hydrogen-bond acceptors (Lipinski definition) is 3. The third-order valence-electron chi connectivity index (χ3n) is 2.57. The molecule has 0 spiro atoms. The van der Waals surface area contributed by atoms with Crippen LogP contribution in [0.1, 0.15) is 24.2 Å². The van der Waals surface area contributed by atoms with Crippen LogP contribution in [0.2, 0.25) is 0 Å². The Morgan fingerprint density at radius 3 is 2.50 bits per heavy atom. The lowest BCUT2D eigenvalue weighted by Crippen LogP contribution is -2.44. The molecule has 5 nitrogen and oxygen atoms in total. The summed E-state index contributed by atoms with van der Waals surface area (Å²) >= 11 is 3.28.